The maximum absolute atomic E-state index is 6.07. The predicted molar refractivity (Wildman–Crippen MR) is 90.8 cm³/mol. The van der Waals surface area contributed by atoms with Crippen LogP contribution in [0.5, 0.6) is 0 Å². The van der Waals surface area contributed by atoms with E-state index in [4.69, 9.17) is 23.2 Å². The van der Waals surface area contributed by atoms with Crippen molar-refractivity contribution < 1.29 is 0 Å². The zero-order valence-electron chi connectivity index (χ0n) is 10.9. The Kier molecular flexibility index (Phi) is 4.34. The highest BCUT2D eigenvalue weighted by Gasteiger charge is 2.14. The largest absolute Gasteiger partial charge is 0.241 e. The number of aromatic nitrogens is 2. The maximum atomic E-state index is 6.07. The van der Waals surface area contributed by atoms with Crippen LogP contribution in [0.15, 0.2) is 60.9 Å². The highest BCUT2D eigenvalue weighted by molar-refractivity contribution is 9.09. The van der Waals surface area contributed by atoms with Crippen LogP contribution in [0.2, 0.25) is 10.0 Å². The molecule has 0 radical (unpaired) electrons. The summed E-state index contributed by atoms with van der Waals surface area (Å²) in [6.45, 7) is 0. The van der Waals surface area contributed by atoms with Gasteiger partial charge in [0, 0.05) is 11.8 Å². The zero-order valence-corrected chi connectivity index (χ0v) is 14.0. The number of nitrogens with zero attached hydrogens (tertiary/aromatic N) is 2. The summed E-state index contributed by atoms with van der Waals surface area (Å²) in [5.74, 6) is 0. The van der Waals surface area contributed by atoms with Crippen LogP contribution in [0.3, 0.4) is 0 Å². The third-order valence-electron chi connectivity index (χ3n) is 3.15. The normalized spacial score (nSPS) is 12.3. The summed E-state index contributed by atoms with van der Waals surface area (Å²) in [7, 11) is 0. The molecule has 21 heavy (non-hydrogen) atoms. The Labute approximate surface area is 141 Å². The molecule has 2 nitrogen and oxygen atoms in total. The molecule has 0 fully saturated rings. The van der Waals surface area contributed by atoms with Crippen molar-refractivity contribution >= 4 is 39.1 Å². The van der Waals surface area contributed by atoms with Crippen LogP contribution in [0.25, 0.3) is 5.69 Å². The summed E-state index contributed by atoms with van der Waals surface area (Å²) in [6, 6.07) is 15.6. The van der Waals surface area contributed by atoms with Crippen LogP contribution in [-0.4, -0.2) is 9.78 Å². The van der Waals surface area contributed by atoms with Crippen molar-refractivity contribution in [1.82, 2.24) is 9.78 Å². The Balaban J connectivity index is 1.90. The van der Waals surface area contributed by atoms with E-state index < -0.39 is 0 Å². The Morgan fingerprint density at radius 2 is 1.71 bits per heavy atom. The van der Waals surface area contributed by atoms with Gasteiger partial charge in [0.05, 0.1) is 26.8 Å². The van der Waals surface area contributed by atoms with Gasteiger partial charge in [0.1, 0.15) is 0 Å². The lowest BCUT2D eigenvalue weighted by atomic mass is 10.1. The molecular weight excluding hydrogens is 371 g/mol. The summed E-state index contributed by atoms with van der Waals surface area (Å²) in [5.41, 5.74) is 3.12. The Hall–Kier alpha value is -1.29. The zero-order chi connectivity index (χ0) is 14.8. The minimum absolute atomic E-state index is 0.0183. The summed E-state index contributed by atoms with van der Waals surface area (Å²) in [6.07, 6.45) is 3.84. The van der Waals surface area contributed by atoms with Gasteiger partial charge in [-0.1, -0.05) is 63.4 Å². The van der Waals surface area contributed by atoms with Crippen molar-refractivity contribution in [2.75, 3.05) is 0 Å². The summed E-state index contributed by atoms with van der Waals surface area (Å²) < 4.78 is 1.85. The van der Waals surface area contributed by atoms with Gasteiger partial charge in [0.25, 0.3) is 0 Å². The Bertz CT molecular complexity index is 756. The number of hydrogen-bond donors (Lipinski definition) is 0. The van der Waals surface area contributed by atoms with Crippen molar-refractivity contribution in [2.45, 2.75) is 4.83 Å². The monoisotopic (exact) mass is 380 g/mol. The first kappa shape index (κ1) is 14.6. The quantitative estimate of drug-likeness (QED) is 0.535. The topological polar surface area (TPSA) is 17.8 Å². The van der Waals surface area contributed by atoms with E-state index in [-0.39, 0.29) is 4.83 Å². The van der Waals surface area contributed by atoms with Gasteiger partial charge >= 0.3 is 0 Å². The molecule has 1 heterocycles. The second-order valence-electron chi connectivity index (χ2n) is 4.59. The number of alkyl halides is 1. The number of hydrogen-bond acceptors (Lipinski definition) is 1. The molecule has 0 saturated carbocycles. The first-order valence-corrected chi connectivity index (χ1v) is 8.01. The molecule has 1 atom stereocenters. The predicted octanol–water partition coefficient (Wildman–Crippen LogP) is 5.66. The Morgan fingerprint density at radius 3 is 2.43 bits per heavy atom. The lowest BCUT2D eigenvalue weighted by molar-refractivity contribution is 0.880. The standard InChI is InChI=1S/C16H11BrCl2N2/c17-16(11-6-7-14(18)15(19)8-11)12-9-20-21(10-12)13-4-2-1-3-5-13/h1-10,16H. The van der Waals surface area contributed by atoms with Gasteiger partial charge in [0.2, 0.25) is 0 Å². The number of rotatable bonds is 3. The van der Waals surface area contributed by atoms with Gasteiger partial charge in [-0.2, -0.15) is 5.10 Å². The van der Waals surface area contributed by atoms with E-state index in [0.717, 1.165) is 16.8 Å². The molecule has 0 saturated heterocycles. The average molecular weight is 382 g/mol. The van der Waals surface area contributed by atoms with Crippen LogP contribution < -0.4 is 0 Å². The lowest BCUT2D eigenvalue weighted by Crippen LogP contribution is -1.94. The molecule has 3 rings (SSSR count). The lowest BCUT2D eigenvalue weighted by Gasteiger charge is -2.09. The fourth-order valence-corrected chi connectivity index (χ4v) is 2.88. The van der Waals surface area contributed by atoms with Gasteiger partial charge in [0.15, 0.2) is 0 Å². The molecule has 0 spiro atoms. The highest BCUT2D eigenvalue weighted by Crippen LogP contribution is 2.34. The second kappa shape index (κ2) is 6.22. The summed E-state index contributed by atoms with van der Waals surface area (Å²) >= 11 is 15.7. The van der Waals surface area contributed by atoms with E-state index in [1.54, 1.807) is 6.07 Å². The molecule has 0 aliphatic carbocycles. The van der Waals surface area contributed by atoms with Crippen LogP contribution in [-0.2, 0) is 0 Å². The first-order chi connectivity index (χ1) is 10.1. The number of benzene rings is 2. The van der Waals surface area contributed by atoms with E-state index >= 15 is 0 Å². The van der Waals surface area contributed by atoms with E-state index in [1.165, 1.54) is 0 Å². The van der Waals surface area contributed by atoms with E-state index in [2.05, 4.69) is 21.0 Å². The van der Waals surface area contributed by atoms with Crippen molar-refractivity contribution in [1.29, 1.82) is 0 Å². The van der Waals surface area contributed by atoms with Crippen LogP contribution in [0, 0.1) is 0 Å². The van der Waals surface area contributed by atoms with Crippen LogP contribution in [0.4, 0.5) is 0 Å². The minimum Gasteiger partial charge on any atom is -0.241 e. The maximum Gasteiger partial charge on any atom is 0.0676 e. The molecule has 0 N–H and O–H groups in total. The fourth-order valence-electron chi connectivity index (χ4n) is 2.05. The van der Waals surface area contributed by atoms with Gasteiger partial charge in [-0.15, -0.1) is 0 Å². The fraction of sp³-hybridized carbons (Fsp3) is 0.0625. The van der Waals surface area contributed by atoms with E-state index in [9.17, 15) is 0 Å². The SMILES string of the molecule is Clc1ccc(C(Br)c2cnn(-c3ccccc3)c2)cc1Cl. The molecule has 106 valence electrons. The van der Waals surface area contributed by atoms with Crippen molar-refractivity contribution in [3.05, 3.63) is 82.1 Å². The molecule has 2 aromatic carbocycles. The van der Waals surface area contributed by atoms with Crippen LogP contribution in [0.1, 0.15) is 16.0 Å². The van der Waals surface area contributed by atoms with Gasteiger partial charge < -0.3 is 0 Å². The molecule has 1 aromatic heterocycles. The number of halogens is 3. The third kappa shape index (κ3) is 3.15. The van der Waals surface area contributed by atoms with Crippen molar-refractivity contribution in [2.24, 2.45) is 0 Å². The molecular formula is C16H11BrCl2N2. The second-order valence-corrected chi connectivity index (χ2v) is 6.32. The van der Waals surface area contributed by atoms with Gasteiger partial charge in [-0.25, -0.2) is 4.68 Å². The third-order valence-corrected chi connectivity index (χ3v) is 4.95. The van der Waals surface area contributed by atoms with Gasteiger partial charge in [-0.3, -0.25) is 0 Å². The average Bonchev–Trinajstić information content (AvgIpc) is 3.00. The molecule has 5 heteroatoms. The molecule has 0 aliphatic heterocycles. The molecule has 0 aliphatic rings. The Morgan fingerprint density at radius 1 is 0.952 bits per heavy atom. The van der Waals surface area contributed by atoms with Crippen molar-refractivity contribution in [3.8, 4) is 5.69 Å². The van der Waals surface area contributed by atoms with E-state index in [0.29, 0.717) is 10.0 Å². The van der Waals surface area contributed by atoms with Gasteiger partial charge in [-0.05, 0) is 29.8 Å². The van der Waals surface area contributed by atoms with Crippen molar-refractivity contribution in [3.63, 3.8) is 0 Å². The number of para-hydroxylation sites is 1. The van der Waals surface area contributed by atoms with Crippen LogP contribution >= 0.6 is 39.1 Å². The smallest absolute Gasteiger partial charge is 0.0676 e. The summed E-state index contributed by atoms with van der Waals surface area (Å²) in [5, 5.41) is 5.51. The molecule has 3 aromatic rings. The molecule has 0 amide bonds. The highest BCUT2D eigenvalue weighted by atomic mass is 79.9. The molecule has 0 bridgehead atoms. The molecule has 1 unspecified atom stereocenters. The minimum atomic E-state index is 0.0183. The van der Waals surface area contributed by atoms with E-state index in [1.807, 2.05) is 59.5 Å². The summed E-state index contributed by atoms with van der Waals surface area (Å²) in [4.78, 5) is 0.0183. The first-order valence-electron chi connectivity index (χ1n) is 6.34.